The number of rotatable bonds is 8. The molecular weight excluding hydrogens is 440 g/mol. The molecule has 2 heterocycles. The molecule has 0 atom stereocenters. The fourth-order valence-corrected chi connectivity index (χ4v) is 4.00. The summed E-state index contributed by atoms with van der Waals surface area (Å²) in [6.07, 6.45) is 5.45. The summed E-state index contributed by atoms with van der Waals surface area (Å²) in [4.78, 5) is 24.0. The number of benzene rings is 2. The van der Waals surface area contributed by atoms with E-state index in [4.69, 9.17) is 4.74 Å². The van der Waals surface area contributed by atoms with E-state index in [0.717, 1.165) is 17.4 Å². The van der Waals surface area contributed by atoms with Gasteiger partial charge in [0.05, 0.1) is 16.8 Å². The molecule has 0 fully saturated rings. The number of sulfonamides is 1. The summed E-state index contributed by atoms with van der Waals surface area (Å²) in [5.41, 5.74) is 3.27. The van der Waals surface area contributed by atoms with Crippen molar-refractivity contribution in [2.75, 3.05) is 4.72 Å². The van der Waals surface area contributed by atoms with E-state index in [1.807, 2.05) is 13.0 Å². The van der Waals surface area contributed by atoms with E-state index < -0.39 is 10.0 Å². The van der Waals surface area contributed by atoms with Crippen molar-refractivity contribution < 1.29 is 17.9 Å². The number of nitrogens with zero attached hydrogens (tertiary/aromatic N) is 3. The first-order valence-electron chi connectivity index (χ1n) is 9.98. The van der Waals surface area contributed by atoms with Crippen LogP contribution in [-0.2, 0) is 16.6 Å². The fraction of sp³-hybridized carbons (Fsp3) is 0.0833. The number of aryl methyl sites for hydroxylation is 1. The zero-order valence-corrected chi connectivity index (χ0v) is 18.5. The van der Waals surface area contributed by atoms with Gasteiger partial charge in [-0.25, -0.2) is 18.4 Å². The lowest BCUT2D eigenvalue weighted by Crippen LogP contribution is -2.15. The molecule has 33 heavy (non-hydrogen) atoms. The Morgan fingerprint density at radius 2 is 1.85 bits per heavy atom. The SMILES string of the molecule is Cc1ccc(S(=O)(=O)Nc2ncc(-c3cccc(C=O)c3)nc2OCc2cccnc2)cc1. The van der Waals surface area contributed by atoms with Gasteiger partial charge in [-0.1, -0.05) is 42.0 Å². The predicted molar refractivity (Wildman–Crippen MR) is 123 cm³/mol. The van der Waals surface area contributed by atoms with E-state index in [-0.39, 0.29) is 23.2 Å². The molecule has 0 spiro atoms. The zero-order valence-electron chi connectivity index (χ0n) is 17.7. The number of aromatic nitrogens is 3. The molecule has 4 aromatic rings. The van der Waals surface area contributed by atoms with Gasteiger partial charge < -0.3 is 4.74 Å². The van der Waals surface area contributed by atoms with Gasteiger partial charge >= 0.3 is 0 Å². The fourth-order valence-electron chi connectivity index (χ4n) is 2.99. The molecule has 8 nitrogen and oxygen atoms in total. The first-order chi connectivity index (χ1) is 15.9. The lowest BCUT2D eigenvalue weighted by atomic mass is 10.1. The van der Waals surface area contributed by atoms with Crippen molar-refractivity contribution >= 4 is 22.1 Å². The normalized spacial score (nSPS) is 11.1. The highest BCUT2D eigenvalue weighted by Crippen LogP contribution is 2.28. The van der Waals surface area contributed by atoms with E-state index in [2.05, 4.69) is 19.7 Å². The summed E-state index contributed by atoms with van der Waals surface area (Å²) in [6.45, 7) is 1.98. The molecule has 0 aliphatic carbocycles. The Balaban J connectivity index is 1.70. The van der Waals surface area contributed by atoms with Crippen molar-refractivity contribution in [3.05, 3.63) is 95.9 Å². The Morgan fingerprint density at radius 1 is 1.03 bits per heavy atom. The third kappa shape index (κ3) is 5.39. The molecule has 9 heteroatoms. The topological polar surface area (TPSA) is 111 Å². The van der Waals surface area contributed by atoms with E-state index in [1.165, 1.54) is 18.3 Å². The van der Waals surface area contributed by atoms with Crippen LogP contribution in [0.5, 0.6) is 5.88 Å². The molecular formula is C24H20N4O4S. The van der Waals surface area contributed by atoms with Crippen LogP contribution >= 0.6 is 0 Å². The standard InChI is InChI=1S/C24H20N4O4S/c1-17-7-9-21(10-8-17)33(30,31)28-23-24(32-16-19-5-3-11-25-13-19)27-22(14-26-23)20-6-2-4-18(12-20)15-29/h2-15H,16H2,1H3,(H,26,28). The summed E-state index contributed by atoms with van der Waals surface area (Å²) in [7, 11) is -3.91. The minimum atomic E-state index is -3.91. The van der Waals surface area contributed by atoms with Crippen LogP contribution in [-0.4, -0.2) is 29.7 Å². The van der Waals surface area contributed by atoms with E-state index in [9.17, 15) is 13.2 Å². The molecule has 0 saturated heterocycles. The summed E-state index contributed by atoms with van der Waals surface area (Å²) < 4.78 is 34.1. The van der Waals surface area contributed by atoms with Crippen LogP contribution in [0.3, 0.4) is 0 Å². The maximum absolute atomic E-state index is 12.9. The van der Waals surface area contributed by atoms with Crippen LogP contribution in [0.1, 0.15) is 21.5 Å². The van der Waals surface area contributed by atoms with Gasteiger partial charge in [-0.15, -0.1) is 0 Å². The first-order valence-corrected chi connectivity index (χ1v) is 11.5. The highest BCUT2D eigenvalue weighted by molar-refractivity contribution is 7.92. The Hall–Kier alpha value is -4.11. The summed E-state index contributed by atoms with van der Waals surface area (Å²) >= 11 is 0. The van der Waals surface area contributed by atoms with Gasteiger partial charge in [-0.3, -0.25) is 14.5 Å². The molecule has 0 aliphatic rings. The Kier molecular flexibility index (Phi) is 6.41. The van der Waals surface area contributed by atoms with Gasteiger partial charge in [-0.05, 0) is 31.2 Å². The molecule has 166 valence electrons. The lowest BCUT2D eigenvalue weighted by molar-refractivity contribution is 0.112. The van der Waals surface area contributed by atoms with E-state index in [0.29, 0.717) is 16.8 Å². The molecule has 0 radical (unpaired) electrons. The highest BCUT2D eigenvalue weighted by Gasteiger charge is 2.20. The first kappa shape index (κ1) is 22.1. The average molecular weight is 461 g/mol. The minimum Gasteiger partial charge on any atom is -0.470 e. The molecule has 0 bridgehead atoms. The summed E-state index contributed by atoms with van der Waals surface area (Å²) in [6, 6.07) is 16.9. The third-order valence-corrected chi connectivity index (χ3v) is 6.07. The monoisotopic (exact) mass is 460 g/mol. The van der Waals surface area contributed by atoms with Gasteiger partial charge in [0, 0.05) is 29.1 Å². The minimum absolute atomic E-state index is 0.00328. The van der Waals surface area contributed by atoms with Crippen molar-refractivity contribution in [2.45, 2.75) is 18.4 Å². The van der Waals surface area contributed by atoms with Gasteiger partial charge in [0.25, 0.3) is 15.9 Å². The van der Waals surface area contributed by atoms with Crippen molar-refractivity contribution in [3.8, 4) is 17.1 Å². The van der Waals surface area contributed by atoms with Gasteiger partial charge in [0.2, 0.25) is 5.82 Å². The second kappa shape index (κ2) is 9.58. The Labute approximate surface area is 191 Å². The van der Waals surface area contributed by atoms with Crippen molar-refractivity contribution in [2.24, 2.45) is 0 Å². The molecule has 2 aromatic carbocycles. The molecule has 0 amide bonds. The predicted octanol–water partition coefficient (Wildman–Crippen LogP) is 4.04. The quantitative estimate of drug-likeness (QED) is 0.395. The molecule has 0 saturated carbocycles. The van der Waals surface area contributed by atoms with Crippen molar-refractivity contribution in [3.63, 3.8) is 0 Å². The lowest BCUT2D eigenvalue weighted by Gasteiger charge is -2.13. The number of hydrogen-bond donors (Lipinski definition) is 1. The van der Waals surface area contributed by atoms with E-state index in [1.54, 1.807) is 54.9 Å². The molecule has 4 rings (SSSR count). The number of ether oxygens (including phenoxy) is 1. The van der Waals surface area contributed by atoms with Gasteiger partial charge in [0.15, 0.2) is 0 Å². The molecule has 1 N–H and O–H groups in total. The second-order valence-electron chi connectivity index (χ2n) is 7.22. The number of pyridine rings is 1. The molecule has 0 unspecified atom stereocenters. The molecule has 2 aromatic heterocycles. The highest BCUT2D eigenvalue weighted by atomic mass is 32.2. The smallest absolute Gasteiger partial charge is 0.263 e. The number of carbonyl (C=O) groups is 1. The van der Waals surface area contributed by atoms with Crippen LogP contribution in [0.2, 0.25) is 0 Å². The van der Waals surface area contributed by atoms with Gasteiger partial charge in [0.1, 0.15) is 12.9 Å². The van der Waals surface area contributed by atoms with Crippen molar-refractivity contribution in [1.82, 2.24) is 15.0 Å². The largest absolute Gasteiger partial charge is 0.470 e. The van der Waals surface area contributed by atoms with Gasteiger partial charge in [-0.2, -0.15) is 0 Å². The third-order valence-electron chi connectivity index (χ3n) is 4.72. The van der Waals surface area contributed by atoms with E-state index >= 15 is 0 Å². The molecule has 0 aliphatic heterocycles. The zero-order chi connectivity index (χ0) is 23.3. The van der Waals surface area contributed by atoms with Crippen LogP contribution in [0.4, 0.5) is 5.82 Å². The number of aldehydes is 1. The van der Waals surface area contributed by atoms with Crippen LogP contribution in [0, 0.1) is 6.92 Å². The number of hydrogen-bond acceptors (Lipinski definition) is 7. The second-order valence-corrected chi connectivity index (χ2v) is 8.90. The Bertz CT molecular complexity index is 1380. The van der Waals surface area contributed by atoms with Crippen LogP contribution in [0.25, 0.3) is 11.3 Å². The maximum atomic E-state index is 12.9. The average Bonchev–Trinajstić information content (AvgIpc) is 2.84. The maximum Gasteiger partial charge on any atom is 0.263 e. The van der Waals surface area contributed by atoms with Crippen LogP contribution in [0.15, 0.2) is 84.1 Å². The van der Waals surface area contributed by atoms with Crippen molar-refractivity contribution in [1.29, 1.82) is 0 Å². The number of carbonyl (C=O) groups excluding carboxylic acids is 1. The number of anilines is 1. The van der Waals surface area contributed by atoms with Crippen LogP contribution < -0.4 is 9.46 Å². The Morgan fingerprint density at radius 3 is 2.58 bits per heavy atom. The summed E-state index contributed by atoms with van der Waals surface area (Å²) in [5, 5.41) is 0. The summed E-state index contributed by atoms with van der Waals surface area (Å²) in [5.74, 6) is -0.0432. The number of nitrogens with one attached hydrogen (secondary N) is 1.